The minimum Gasteiger partial charge on any atom is -0.396 e. The van der Waals surface area contributed by atoms with Crippen molar-refractivity contribution in [1.82, 2.24) is 4.90 Å². The second-order valence-corrected chi connectivity index (χ2v) is 6.40. The van der Waals surface area contributed by atoms with Crippen molar-refractivity contribution in [3.8, 4) is 0 Å². The summed E-state index contributed by atoms with van der Waals surface area (Å²) in [5, 5.41) is 0. The second kappa shape index (κ2) is 6.57. The van der Waals surface area contributed by atoms with Gasteiger partial charge in [0.25, 0.3) is 5.91 Å². The molecule has 1 aliphatic rings. The molecule has 0 aromatic heterocycles. The van der Waals surface area contributed by atoms with E-state index >= 15 is 0 Å². The molecule has 0 saturated heterocycles. The van der Waals surface area contributed by atoms with Crippen LogP contribution in [0.5, 0.6) is 0 Å². The van der Waals surface area contributed by atoms with E-state index in [4.69, 9.17) is 5.73 Å². The topological polar surface area (TPSA) is 46.3 Å². The van der Waals surface area contributed by atoms with E-state index in [9.17, 15) is 9.18 Å². The summed E-state index contributed by atoms with van der Waals surface area (Å²) in [5.41, 5.74) is 5.97. The van der Waals surface area contributed by atoms with E-state index in [2.05, 4.69) is 15.9 Å². The van der Waals surface area contributed by atoms with Crippen LogP contribution in [0.3, 0.4) is 0 Å². The first kappa shape index (κ1) is 15.3. The Morgan fingerprint density at radius 3 is 2.70 bits per heavy atom. The van der Waals surface area contributed by atoms with Crippen molar-refractivity contribution in [1.29, 1.82) is 0 Å². The summed E-state index contributed by atoms with van der Waals surface area (Å²) in [5.74, 6) is -0.0493. The van der Waals surface area contributed by atoms with Crippen LogP contribution in [0.4, 0.5) is 10.1 Å². The van der Waals surface area contributed by atoms with E-state index in [0.29, 0.717) is 16.0 Å². The molecule has 0 spiro atoms. The third kappa shape index (κ3) is 3.51. The number of nitrogen functional groups attached to an aromatic ring is 1. The van der Waals surface area contributed by atoms with Crippen LogP contribution in [0.2, 0.25) is 0 Å². The maximum Gasteiger partial charge on any atom is 0.254 e. The van der Waals surface area contributed by atoms with E-state index in [1.54, 1.807) is 11.9 Å². The minimum absolute atomic E-state index is 0.00242. The first-order valence-electron chi connectivity index (χ1n) is 6.99. The fourth-order valence-corrected chi connectivity index (χ4v) is 3.26. The van der Waals surface area contributed by atoms with Crippen molar-refractivity contribution < 1.29 is 9.18 Å². The molecule has 0 bridgehead atoms. The van der Waals surface area contributed by atoms with Crippen molar-refractivity contribution in [3.05, 3.63) is 28.0 Å². The lowest BCUT2D eigenvalue weighted by Crippen LogP contribution is -2.33. The fourth-order valence-electron chi connectivity index (χ4n) is 2.78. The lowest BCUT2D eigenvalue weighted by atomic mass is 9.89. The summed E-state index contributed by atoms with van der Waals surface area (Å²) in [7, 11) is 1.79. The molecule has 2 rings (SSSR count). The number of halogens is 2. The van der Waals surface area contributed by atoms with E-state index < -0.39 is 5.82 Å². The van der Waals surface area contributed by atoms with Gasteiger partial charge in [-0.2, -0.15) is 0 Å². The van der Waals surface area contributed by atoms with E-state index in [1.165, 1.54) is 44.2 Å². The predicted octanol–water partition coefficient (Wildman–Crippen LogP) is 3.82. The third-order valence-corrected chi connectivity index (χ3v) is 4.58. The van der Waals surface area contributed by atoms with Crippen molar-refractivity contribution in [2.24, 2.45) is 5.92 Å². The molecular weight excluding hydrogens is 323 g/mol. The fraction of sp³-hybridized carbons (Fsp3) is 0.533. The number of carbonyl (C=O) groups excluding carboxylic acids is 1. The molecule has 1 aromatic rings. The second-order valence-electron chi connectivity index (χ2n) is 5.54. The van der Waals surface area contributed by atoms with Crippen LogP contribution in [0.15, 0.2) is 16.6 Å². The van der Waals surface area contributed by atoms with Crippen LogP contribution in [0.25, 0.3) is 0 Å². The Balaban J connectivity index is 2.08. The Morgan fingerprint density at radius 2 is 2.05 bits per heavy atom. The monoisotopic (exact) mass is 342 g/mol. The molecule has 0 atom stereocenters. The zero-order chi connectivity index (χ0) is 14.7. The molecule has 1 fully saturated rings. The van der Waals surface area contributed by atoms with Gasteiger partial charge in [-0.3, -0.25) is 4.79 Å². The van der Waals surface area contributed by atoms with Gasteiger partial charge in [0.1, 0.15) is 5.82 Å². The highest BCUT2D eigenvalue weighted by molar-refractivity contribution is 9.10. The van der Waals surface area contributed by atoms with Gasteiger partial charge in [0.2, 0.25) is 0 Å². The van der Waals surface area contributed by atoms with Crippen LogP contribution < -0.4 is 5.73 Å². The van der Waals surface area contributed by atoms with Crippen LogP contribution in [0.1, 0.15) is 42.5 Å². The van der Waals surface area contributed by atoms with Crippen molar-refractivity contribution in [2.75, 3.05) is 19.3 Å². The molecule has 1 saturated carbocycles. The maximum absolute atomic E-state index is 13.3. The molecule has 0 aliphatic heterocycles. The Bertz CT molecular complexity index is 501. The van der Waals surface area contributed by atoms with E-state index in [-0.39, 0.29) is 11.6 Å². The number of anilines is 1. The van der Waals surface area contributed by atoms with Crippen LogP contribution in [-0.2, 0) is 0 Å². The Hall–Kier alpha value is -1.10. The Morgan fingerprint density at radius 1 is 1.40 bits per heavy atom. The molecule has 3 nitrogen and oxygen atoms in total. The smallest absolute Gasteiger partial charge is 0.254 e. The number of carbonyl (C=O) groups is 1. The summed E-state index contributed by atoms with van der Waals surface area (Å²) in [6, 6.07) is 2.65. The molecule has 1 aromatic carbocycles. The normalized spacial score (nSPS) is 16.1. The largest absolute Gasteiger partial charge is 0.396 e. The van der Waals surface area contributed by atoms with Crippen molar-refractivity contribution in [3.63, 3.8) is 0 Å². The first-order chi connectivity index (χ1) is 9.49. The molecule has 0 radical (unpaired) electrons. The third-order valence-electron chi connectivity index (χ3n) is 3.92. The van der Waals surface area contributed by atoms with Gasteiger partial charge in [-0.15, -0.1) is 0 Å². The number of benzene rings is 1. The molecule has 1 amide bonds. The number of nitrogens with two attached hydrogens (primary N) is 1. The highest BCUT2D eigenvalue weighted by Gasteiger charge is 2.21. The molecular formula is C15H20BrFN2O. The average Bonchev–Trinajstić information content (AvgIpc) is 2.43. The number of rotatable bonds is 3. The number of hydrogen-bond donors (Lipinski definition) is 1. The van der Waals surface area contributed by atoms with Gasteiger partial charge < -0.3 is 10.6 Å². The number of hydrogen-bond acceptors (Lipinski definition) is 2. The van der Waals surface area contributed by atoms with Crippen molar-refractivity contribution >= 4 is 27.5 Å². The molecule has 1 aliphatic carbocycles. The van der Waals surface area contributed by atoms with Crippen LogP contribution >= 0.6 is 15.9 Å². The average molecular weight is 343 g/mol. The van der Waals surface area contributed by atoms with Crippen molar-refractivity contribution in [2.45, 2.75) is 32.1 Å². The Labute approximate surface area is 127 Å². The van der Waals surface area contributed by atoms with Gasteiger partial charge in [-0.05, 0) is 46.8 Å². The van der Waals surface area contributed by atoms with Crippen LogP contribution in [-0.4, -0.2) is 24.4 Å². The summed E-state index contributed by atoms with van der Waals surface area (Å²) in [6.07, 6.45) is 6.17. The highest BCUT2D eigenvalue weighted by atomic mass is 79.9. The van der Waals surface area contributed by atoms with Gasteiger partial charge in [0, 0.05) is 18.1 Å². The van der Waals surface area contributed by atoms with Gasteiger partial charge >= 0.3 is 0 Å². The summed E-state index contributed by atoms with van der Waals surface area (Å²) in [6.45, 7) is 0.753. The molecule has 2 N–H and O–H groups in total. The van der Waals surface area contributed by atoms with Gasteiger partial charge in [0.15, 0.2) is 0 Å². The minimum atomic E-state index is -0.511. The van der Waals surface area contributed by atoms with E-state index in [0.717, 1.165) is 6.54 Å². The quantitative estimate of drug-likeness (QED) is 0.848. The highest BCUT2D eigenvalue weighted by Crippen LogP contribution is 2.27. The number of nitrogens with zero attached hydrogens (tertiary/aromatic N) is 1. The zero-order valence-corrected chi connectivity index (χ0v) is 13.2. The van der Waals surface area contributed by atoms with Gasteiger partial charge in [-0.1, -0.05) is 19.3 Å². The van der Waals surface area contributed by atoms with Gasteiger partial charge in [-0.25, -0.2) is 4.39 Å². The Kier molecular flexibility index (Phi) is 5.02. The zero-order valence-electron chi connectivity index (χ0n) is 11.7. The SMILES string of the molecule is CN(CC1CCCCC1)C(=O)c1cc(N)c(F)cc1Br. The number of amides is 1. The lowest BCUT2D eigenvalue weighted by Gasteiger charge is -2.27. The van der Waals surface area contributed by atoms with Gasteiger partial charge in [0.05, 0.1) is 11.3 Å². The summed E-state index contributed by atoms with van der Waals surface area (Å²) >= 11 is 3.23. The lowest BCUT2D eigenvalue weighted by molar-refractivity contribution is 0.0759. The predicted molar refractivity (Wildman–Crippen MR) is 82.0 cm³/mol. The van der Waals surface area contributed by atoms with E-state index in [1.807, 2.05) is 0 Å². The standard InChI is InChI=1S/C15H20BrFN2O/c1-19(9-10-5-3-2-4-6-10)15(20)11-7-14(18)13(17)8-12(11)16/h7-8,10H,2-6,9,18H2,1H3. The van der Waals surface area contributed by atoms with Crippen LogP contribution in [0, 0.1) is 11.7 Å². The summed E-state index contributed by atoms with van der Waals surface area (Å²) < 4.78 is 13.8. The first-order valence-corrected chi connectivity index (χ1v) is 7.78. The summed E-state index contributed by atoms with van der Waals surface area (Å²) in [4.78, 5) is 14.1. The molecule has 0 unspecified atom stereocenters. The molecule has 20 heavy (non-hydrogen) atoms. The molecule has 5 heteroatoms. The molecule has 110 valence electrons. The maximum atomic E-state index is 13.3. The molecule has 0 heterocycles.